The monoisotopic (exact) mass is 359 g/mol. The van der Waals surface area contributed by atoms with Crippen LogP contribution in [-0.4, -0.2) is 27.7 Å². The van der Waals surface area contributed by atoms with Crippen molar-refractivity contribution in [1.82, 2.24) is 9.88 Å². The lowest BCUT2D eigenvalue weighted by Gasteiger charge is -2.35. The number of nitrogens with two attached hydrogens (primary N) is 1. The third-order valence-electron chi connectivity index (χ3n) is 5.24. The summed E-state index contributed by atoms with van der Waals surface area (Å²) in [4.78, 5) is 31.8. The fourth-order valence-electron chi connectivity index (χ4n) is 3.84. The van der Waals surface area contributed by atoms with Gasteiger partial charge in [-0.25, -0.2) is 0 Å². The van der Waals surface area contributed by atoms with E-state index in [1.165, 1.54) is 0 Å². The SMILES string of the molecule is Cc1cc(C(=O)N2Cc3ccccc3CC2C(N)=O)c2cccc(C)c2n1. The van der Waals surface area contributed by atoms with E-state index in [1.807, 2.05) is 56.3 Å². The minimum atomic E-state index is -0.652. The van der Waals surface area contributed by atoms with E-state index in [2.05, 4.69) is 4.98 Å². The number of aromatic nitrogens is 1. The van der Waals surface area contributed by atoms with Gasteiger partial charge < -0.3 is 10.6 Å². The van der Waals surface area contributed by atoms with E-state index in [4.69, 9.17) is 5.73 Å². The number of para-hydroxylation sites is 1. The molecule has 1 aromatic heterocycles. The summed E-state index contributed by atoms with van der Waals surface area (Å²) in [7, 11) is 0. The smallest absolute Gasteiger partial charge is 0.255 e. The van der Waals surface area contributed by atoms with E-state index < -0.39 is 11.9 Å². The molecule has 0 fully saturated rings. The number of carbonyl (C=O) groups is 2. The first-order chi connectivity index (χ1) is 13.0. The minimum absolute atomic E-state index is 0.186. The Labute approximate surface area is 157 Å². The number of benzene rings is 2. The van der Waals surface area contributed by atoms with Crippen LogP contribution < -0.4 is 5.73 Å². The first kappa shape index (κ1) is 17.2. The third-order valence-corrected chi connectivity index (χ3v) is 5.24. The van der Waals surface area contributed by atoms with Crippen molar-refractivity contribution in [3.63, 3.8) is 0 Å². The Morgan fingerprint density at radius 2 is 1.81 bits per heavy atom. The highest BCUT2D eigenvalue weighted by Crippen LogP contribution is 2.28. The van der Waals surface area contributed by atoms with Gasteiger partial charge in [0.05, 0.1) is 11.1 Å². The summed E-state index contributed by atoms with van der Waals surface area (Å²) in [6, 6.07) is 14.8. The predicted octanol–water partition coefficient (Wildman–Crippen LogP) is 2.90. The Balaban J connectivity index is 1.83. The highest BCUT2D eigenvalue weighted by molar-refractivity contribution is 6.08. The minimum Gasteiger partial charge on any atom is -0.368 e. The van der Waals surface area contributed by atoms with Gasteiger partial charge in [-0.05, 0) is 36.6 Å². The fourth-order valence-corrected chi connectivity index (χ4v) is 3.84. The van der Waals surface area contributed by atoms with Crippen molar-refractivity contribution in [3.05, 3.63) is 76.5 Å². The summed E-state index contributed by atoms with van der Waals surface area (Å²) in [6.45, 7) is 4.23. The first-order valence-corrected chi connectivity index (χ1v) is 8.99. The number of hydrogen-bond acceptors (Lipinski definition) is 3. The van der Waals surface area contributed by atoms with E-state index >= 15 is 0 Å². The number of carbonyl (C=O) groups excluding carboxylic acids is 2. The molecule has 136 valence electrons. The van der Waals surface area contributed by atoms with Crippen LogP contribution in [0.25, 0.3) is 10.9 Å². The predicted molar refractivity (Wildman–Crippen MR) is 104 cm³/mol. The molecule has 0 saturated carbocycles. The Kier molecular flexibility index (Phi) is 4.15. The van der Waals surface area contributed by atoms with E-state index in [9.17, 15) is 9.59 Å². The van der Waals surface area contributed by atoms with Crippen LogP contribution in [0.2, 0.25) is 0 Å². The van der Waals surface area contributed by atoms with E-state index in [1.54, 1.807) is 11.0 Å². The van der Waals surface area contributed by atoms with Crippen LogP contribution in [-0.2, 0) is 17.8 Å². The molecule has 2 amide bonds. The van der Waals surface area contributed by atoms with Gasteiger partial charge in [0.15, 0.2) is 0 Å². The number of pyridine rings is 1. The molecule has 1 unspecified atom stereocenters. The normalized spacial score (nSPS) is 16.2. The van der Waals surface area contributed by atoms with Gasteiger partial charge in [0.2, 0.25) is 5.91 Å². The number of hydrogen-bond donors (Lipinski definition) is 1. The average molecular weight is 359 g/mol. The molecule has 2 aromatic carbocycles. The van der Waals surface area contributed by atoms with Crippen LogP contribution in [0.4, 0.5) is 0 Å². The van der Waals surface area contributed by atoms with Crippen LogP contribution in [0.15, 0.2) is 48.5 Å². The average Bonchev–Trinajstić information content (AvgIpc) is 2.66. The Morgan fingerprint density at radius 3 is 2.56 bits per heavy atom. The Morgan fingerprint density at radius 1 is 1.07 bits per heavy atom. The van der Waals surface area contributed by atoms with Crippen LogP contribution in [0.3, 0.4) is 0 Å². The molecule has 5 nitrogen and oxygen atoms in total. The second kappa shape index (κ2) is 6.50. The molecule has 2 heterocycles. The van der Waals surface area contributed by atoms with Gasteiger partial charge in [0.25, 0.3) is 5.91 Å². The molecule has 0 bridgehead atoms. The van der Waals surface area contributed by atoms with Crippen molar-refractivity contribution in [1.29, 1.82) is 0 Å². The van der Waals surface area contributed by atoms with E-state index in [-0.39, 0.29) is 5.91 Å². The molecule has 5 heteroatoms. The van der Waals surface area contributed by atoms with Crippen LogP contribution in [0.1, 0.15) is 32.7 Å². The van der Waals surface area contributed by atoms with Gasteiger partial charge in [0.1, 0.15) is 6.04 Å². The molecule has 3 aromatic rings. The summed E-state index contributed by atoms with van der Waals surface area (Å²) in [5, 5.41) is 0.799. The van der Waals surface area contributed by atoms with Gasteiger partial charge in [-0.2, -0.15) is 0 Å². The second-order valence-electron chi connectivity index (χ2n) is 7.11. The maximum Gasteiger partial charge on any atom is 0.255 e. The van der Waals surface area contributed by atoms with Crippen molar-refractivity contribution in [2.75, 3.05) is 0 Å². The van der Waals surface area contributed by atoms with Crippen molar-refractivity contribution < 1.29 is 9.59 Å². The third kappa shape index (κ3) is 2.95. The van der Waals surface area contributed by atoms with Gasteiger partial charge in [-0.3, -0.25) is 14.6 Å². The number of amides is 2. The zero-order valence-electron chi connectivity index (χ0n) is 15.4. The molecular weight excluding hydrogens is 338 g/mol. The van der Waals surface area contributed by atoms with E-state index in [0.717, 1.165) is 33.3 Å². The maximum absolute atomic E-state index is 13.5. The Bertz CT molecular complexity index is 1070. The highest BCUT2D eigenvalue weighted by atomic mass is 16.2. The number of aryl methyl sites for hydroxylation is 2. The molecule has 1 atom stereocenters. The molecule has 0 aliphatic carbocycles. The topological polar surface area (TPSA) is 76.3 Å². The van der Waals surface area contributed by atoms with Crippen molar-refractivity contribution in [2.24, 2.45) is 5.73 Å². The lowest BCUT2D eigenvalue weighted by Crippen LogP contribution is -2.51. The molecule has 4 rings (SSSR count). The standard InChI is InChI=1S/C22H21N3O2/c1-13-6-5-9-17-18(10-14(2)24-20(13)17)22(27)25-12-16-8-4-3-7-15(16)11-19(25)21(23)26/h3-10,19H,11-12H2,1-2H3,(H2,23,26). The van der Waals surface area contributed by atoms with Gasteiger partial charge in [-0.15, -0.1) is 0 Å². The quantitative estimate of drug-likeness (QED) is 0.764. The van der Waals surface area contributed by atoms with Gasteiger partial charge >= 0.3 is 0 Å². The van der Waals surface area contributed by atoms with Crippen molar-refractivity contribution in [3.8, 4) is 0 Å². The molecule has 1 aliphatic heterocycles. The van der Waals surface area contributed by atoms with Crippen LogP contribution in [0, 0.1) is 13.8 Å². The van der Waals surface area contributed by atoms with Crippen molar-refractivity contribution >= 4 is 22.7 Å². The number of rotatable bonds is 2. The van der Waals surface area contributed by atoms with Crippen molar-refractivity contribution in [2.45, 2.75) is 32.9 Å². The number of primary amides is 1. The number of fused-ring (bicyclic) bond motifs is 2. The molecular formula is C22H21N3O2. The molecule has 2 N–H and O–H groups in total. The maximum atomic E-state index is 13.5. The Hall–Kier alpha value is -3.21. The largest absolute Gasteiger partial charge is 0.368 e. The number of nitrogens with zero attached hydrogens (tertiary/aromatic N) is 2. The molecule has 0 saturated heterocycles. The molecule has 1 aliphatic rings. The summed E-state index contributed by atoms with van der Waals surface area (Å²) >= 11 is 0. The fraction of sp³-hybridized carbons (Fsp3) is 0.227. The summed E-state index contributed by atoms with van der Waals surface area (Å²) in [5.41, 5.74) is 10.9. The lowest BCUT2D eigenvalue weighted by atomic mass is 9.92. The second-order valence-corrected chi connectivity index (χ2v) is 7.11. The summed E-state index contributed by atoms with van der Waals surface area (Å²) < 4.78 is 0. The summed E-state index contributed by atoms with van der Waals surface area (Å²) in [5.74, 6) is -0.668. The lowest BCUT2D eigenvalue weighted by molar-refractivity contribution is -0.122. The van der Waals surface area contributed by atoms with Gasteiger partial charge in [0, 0.05) is 24.0 Å². The first-order valence-electron chi connectivity index (χ1n) is 8.99. The van der Waals surface area contributed by atoms with Gasteiger partial charge in [-0.1, -0.05) is 42.5 Å². The summed E-state index contributed by atoms with van der Waals surface area (Å²) in [6.07, 6.45) is 0.443. The molecule has 27 heavy (non-hydrogen) atoms. The van der Waals surface area contributed by atoms with Crippen LogP contribution >= 0.6 is 0 Å². The van der Waals surface area contributed by atoms with E-state index in [0.29, 0.717) is 18.5 Å². The molecule has 0 spiro atoms. The highest BCUT2D eigenvalue weighted by Gasteiger charge is 2.34. The zero-order chi connectivity index (χ0) is 19.1. The van der Waals surface area contributed by atoms with Crippen LogP contribution in [0.5, 0.6) is 0 Å². The zero-order valence-corrected chi connectivity index (χ0v) is 15.4. The molecule has 0 radical (unpaired) electrons.